The highest BCUT2D eigenvalue weighted by atomic mass is 35.5. The fourth-order valence-corrected chi connectivity index (χ4v) is 4.13. The van der Waals surface area contributed by atoms with Crippen LogP contribution < -0.4 is 10.5 Å². The first kappa shape index (κ1) is 18.5. The summed E-state index contributed by atoms with van der Waals surface area (Å²) in [6.45, 7) is 4.10. The van der Waals surface area contributed by atoms with E-state index in [9.17, 15) is 4.79 Å². The number of halogens is 1. The second-order valence-electron chi connectivity index (χ2n) is 7.17. The molecule has 25 heavy (non-hydrogen) atoms. The van der Waals surface area contributed by atoms with Crippen molar-refractivity contribution in [3.8, 4) is 5.75 Å². The van der Waals surface area contributed by atoms with Crippen LogP contribution in [0, 0.1) is 5.92 Å². The van der Waals surface area contributed by atoms with Gasteiger partial charge in [0.2, 0.25) is 5.91 Å². The van der Waals surface area contributed by atoms with Crippen molar-refractivity contribution in [2.45, 2.75) is 38.3 Å². The topological polar surface area (TPSA) is 58.8 Å². The predicted octanol–water partition coefficient (Wildman–Crippen LogP) is 2.51. The zero-order chi connectivity index (χ0) is 17.8. The van der Waals surface area contributed by atoms with E-state index in [1.165, 1.54) is 0 Å². The van der Waals surface area contributed by atoms with Crippen LogP contribution in [0.3, 0.4) is 0 Å². The number of nitrogens with two attached hydrogens (primary N) is 1. The predicted molar refractivity (Wildman–Crippen MR) is 99.8 cm³/mol. The highest BCUT2D eigenvalue weighted by molar-refractivity contribution is 6.30. The van der Waals surface area contributed by atoms with E-state index < -0.39 is 0 Å². The van der Waals surface area contributed by atoms with Crippen molar-refractivity contribution in [1.82, 2.24) is 9.80 Å². The average Bonchev–Trinajstić information content (AvgIpc) is 3.00. The van der Waals surface area contributed by atoms with Crippen LogP contribution >= 0.6 is 11.6 Å². The molecule has 2 N–H and O–H groups in total. The number of methoxy groups -OCH3 is 1. The molecule has 1 saturated heterocycles. The Morgan fingerprint density at radius 2 is 2.04 bits per heavy atom. The molecule has 1 aromatic carbocycles. The van der Waals surface area contributed by atoms with Crippen LogP contribution in [-0.2, 0) is 11.3 Å². The lowest BCUT2D eigenvalue weighted by Gasteiger charge is -2.35. The third-order valence-corrected chi connectivity index (χ3v) is 5.75. The van der Waals surface area contributed by atoms with E-state index in [1.54, 1.807) is 7.11 Å². The number of carbonyl (C=O) groups excluding carboxylic acids is 1. The van der Waals surface area contributed by atoms with Crippen molar-refractivity contribution in [3.05, 3.63) is 28.8 Å². The van der Waals surface area contributed by atoms with E-state index in [-0.39, 0.29) is 11.9 Å². The first-order valence-electron chi connectivity index (χ1n) is 9.15. The summed E-state index contributed by atoms with van der Waals surface area (Å²) in [6, 6.07) is 5.91. The number of amides is 1. The van der Waals surface area contributed by atoms with Crippen molar-refractivity contribution in [2.24, 2.45) is 11.7 Å². The standard InChI is InChI=1S/C19H28ClN3O2/c1-25-18-6-5-16(20)11-15(18)13-22-7-9-23(10-8-22)19(24)12-14-3-2-4-17(14)21/h5-6,11,14,17H,2-4,7-10,12-13,21H2,1H3/t14-,17+/m0/s1. The molecule has 0 unspecified atom stereocenters. The molecule has 1 heterocycles. The molecule has 2 fully saturated rings. The Morgan fingerprint density at radius 3 is 2.68 bits per heavy atom. The Morgan fingerprint density at radius 1 is 1.28 bits per heavy atom. The van der Waals surface area contributed by atoms with E-state index in [1.807, 2.05) is 23.1 Å². The second kappa shape index (κ2) is 8.39. The molecule has 2 atom stereocenters. The molecule has 3 rings (SSSR count). The molecule has 0 bridgehead atoms. The third-order valence-electron chi connectivity index (χ3n) is 5.52. The van der Waals surface area contributed by atoms with E-state index in [4.69, 9.17) is 22.1 Å². The maximum absolute atomic E-state index is 12.5. The molecule has 0 radical (unpaired) electrons. The summed E-state index contributed by atoms with van der Waals surface area (Å²) in [5.41, 5.74) is 7.19. The van der Waals surface area contributed by atoms with Crippen LogP contribution in [0.25, 0.3) is 0 Å². The molecule has 0 aromatic heterocycles. The Kier molecular flexibility index (Phi) is 6.20. The summed E-state index contributed by atoms with van der Waals surface area (Å²) in [5, 5.41) is 0.720. The van der Waals surface area contributed by atoms with Gasteiger partial charge < -0.3 is 15.4 Å². The van der Waals surface area contributed by atoms with Crippen molar-refractivity contribution in [2.75, 3.05) is 33.3 Å². The zero-order valence-electron chi connectivity index (χ0n) is 14.9. The van der Waals surface area contributed by atoms with E-state index in [0.29, 0.717) is 12.3 Å². The van der Waals surface area contributed by atoms with E-state index in [0.717, 1.165) is 68.3 Å². The van der Waals surface area contributed by atoms with Gasteiger partial charge >= 0.3 is 0 Å². The minimum atomic E-state index is 0.209. The van der Waals surface area contributed by atoms with Crippen LogP contribution in [0.4, 0.5) is 0 Å². The highest BCUT2D eigenvalue weighted by Crippen LogP contribution is 2.28. The minimum absolute atomic E-state index is 0.209. The van der Waals surface area contributed by atoms with Gasteiger partial charge in [0.25, 0.3) is 0 Å². The summed E-state index contributed by atoms with van der Waals surface area (Å²) < 4.78 is 5.42. The molecule has 6 heteroatoms. The van der Waals surface area contributed by atoms with Crippen LogP contribution in [0.1, 0.15) is 31.2 Å². The zero-order valence-corrected chi connectivity index (χ0v) is 15.7. The SMILES string of the molecule is COc1ccc(Cl)cc1CN1CCN(C(=O)C[C@@H]2CCC[C@H]2N)CC1. The fraction of sp³-hybridized carbons (Fsp3) is 0.632. The molecule has 1 amide bonds. The second-order valence-corrected chi connectivity index (χ2v) is 7.61. The lowest BCUT2D eigenvalue weighted by Crippen LogP contribution is -2.49. The number of carbonyl (C=O) groups is 1. The number of hydrogen-bond donors (Lipinski definition) is 1. The Labute approximate surface area is 155 Å². The number of piperazine rings is 1. The fourth-order valence-electron chi connectivity index (χ4n) is 3.94. The number of hydrogen-bond acceptors (Lipinski definition) is 4. The molecule has 2 aliphatic rings. The van der Waals surface area contributed by atoms with Crippen LogP contribution in [0.5, 0.6) is 5.75 Å². The van der Waals surface area contributed by atoms with Gasteiger partial charge in [-0.1, -0.05) is 18.0 Å². The van der Waals surface area contributed by atoms with E-state index >= 15 is 0 Å². The first-order chi connectivity index (χ1) is 12.1. The summed E-state index contributed by atoms with van der Waals surface area (Å²) in [6.07, 6.45) is 3.94. The maximum Gasteiger partial charge on any atom is 0.222 e. The Hall–Kier alpha value is -1.30. The van der Waals surface area contributed by atoms with Crippen molar-refractivity contribution < 1.29 is 9.53 Å². The summed E-state index contributed by atoms with van der Waals surface area (Å²) in [7, 11) is 1.68. The number of ether oxygens (including phenoxy) is 1. The molecule has 1 aromatic rings. The molecule has 138 valence electrons. The van der Waals surface area contributed by atoms with Crippen LogP contribution in [0.15, 0.2) is 18.2 Å². The molecule has 1 aliphatic carbocycles. The van der Waals surface area contributed by atoms with Crippen molar-refractivity contribution in [3.63, 3.8) is 0 Å². The number of benzene rings is 1. The minimum Gasteiger partial charge on any atom is -0.496 e. The lowest BCUT2D eigenvalue weighted by atomic mass is 9.99. The third kappa shape index (κ3) is 4.66. The van der Waals surface area contributed by atoms with Gasteiger partial charge in [-0.3, -0.25) is 9.69 Å². The van der Waals surface area contributed by atoms with Crippen molar-refractivity contribution >= 4 is 17.5 Å². The van der Waals surface area contributed by atoms with Gasteiger partial charge in [0.05, 0.1) is 7.11 Å². The maximum atomic E-state index is 12.5. The molecule has 0 spiro atoms. The normalized spacial score (nSPS) is 24.5. The molecular formula is C19H28ClN3O2. The van der Waals surface area contributed by atoms with Gasteiger partial charge in [0.1, 0.15) is 5.75 Å². The summed E-state index contributed by atoms with van der Waals surface area (Å²) in [4.78, 5) is 16.9. The van der Waals surface area contributed by atoms with Gasteiger partial charge in [0.15, 0.2) is 0 Å². The first-order valence-corrected chi connectivity index (χ1v) is 9.52. The Bertz CT molecular complexity index is 602. The molecule has 1 aliphatic heterocycles. The van der Waals surface area contributed by atoms with Gasteiger partial charge in [-0.25, -0.2) is 0 Å². The van der Waals surface area contributed by atoms with Crippen LogP contribution in [-0.4, -0.2) is 55.0 Å². The highest BCUT2D eigenvalue weighted by Gasteiger charge is 2.29. The summed E-state index contributed by atoms with van der Waals surface area (Å²) >= 11 is 6.11. The monoisotopic (exact) mass is 365 g/mol. The quantitative estimate of drug-likeness (QED) is 0.871. The van der Waals surface area contributed by atoms with Gasteiger partial charge in [-0.05, 0) is 37.0 Å². The lowest BCUT2D eigenvalue weighted by molar-refractivity contribution is -0.134. The van der Waals surface area contributed by atoms with Gasteiger partial charge in [0, 0.05) is 55.8 Å². The molecular weight excluding hydrogens is 338 g/mol. The van der Waals surface area contributed by atoms with Gasteiger partial charge in [-0.2, -0.15) is 0 Å². The molecule has 5 nitrogen and oxygen atoms in total. The van der Waals surface area contributed by atoms with Crippen LogP contribution in [0.2, 0.25) is 5.02 Å². The van der Waals surface area contributed by atoms with Gasteiger partial charge in [-0.15, -0.1) is 0 Å². The smallest absolute Gasteiger partial charge is 0.222 e. The number of rotatable bonds is 5. The number of nitrogens with zero attached hydrogens (tertiary/aromatic N) is 2. The Balaban J connectivity index is 1.50. The van der Waals surface area contributed by atoms with Crippen molar-refractivity contribution in [1.29, 1.82) is 0 Å². The molecule has 1 saturated carbocycles. The van der Waals surface area contributed by atoms with E-state index in [2.05, 4.69) is 4.90 Å². The largest absolute Gasteiger partial charge is 0.496 e. The average molecular weight is 366 g/mol. The summed E-state index contributed by atoms with van der Waals surface area (Å²) in [5.74, 6) is 1.50.